The minimum Gasteiger partial charge on any atom is -0.467 e. The van der Waals surface area contributed by atoms with Gasteiger partial charge in [-0.05, 0) is 28.8 Å². The molecule has 0 aliphatic carbocycles. The van der Waals surface area contributed by atoms with Crippen molar-refractivity contribution < 1.29 is 14.3 Å². The summed E-state index contributed by atoms with van der Waals surface area (Å²) in [6.45, 7) is 0. The van der Waals surface area contributed by atoms with Crippen molar-refractivity contribution in [2.75, 3.05) is 12.4 Å². The molecule has 3 aromatic rings. The summed E-state index contributed by atoms with van der Waals surface area (Å²) in [6, 6.07) is 25.8. The summed E-state index contributed by atoms with van der Waals surface area (Å²) >= 11 is 0. The summed E-state index contributed by atoms with van der Waals surface area (Å²) in [5, 5.41) is 5.44. The van der Waals surface area contributed by atoms with Gasteiger partial charge in [0.05, 0.1) is 7.11 Å². The van der Waals surface area contributed by atoms with Crippen molar-refractivity contribution in [1.82, 2.24) is 5.32 Å². The van der Waals surface area contributed by atoms with E-state index in [0.717, 1.165) is 16.7 Å². The van der Waals surface area contributed by atoms with Gasteiger partial charge in [-0.25, -0.2) is 9.59 Å². The highest BCUT2D eigenvalue weighted by Crippen LogP contribution is 2.21. The topological polar surface area (TPSA) is 67.4 Å². The molecule has 5 nitrogen and oxygen atoms in total. The standard InChI is InChI=1S/C23H22N2O3/c1-28-22(26)21(16-17-8-4-2-5-9-17)25-23(27)24-20-14-12-19(13-15-20)18-10-6-3-7-11-18/h2-15,21H,16H2,1H3,(H2,24,25,27). The average Bonchev–Trinajstić information content (AvgIpc) is 2.74. The number of anilines is 1. The molecule has 0 aliphatic rings. The number of urea groups is 1. The maximum Gasteiger partial charge on any atom is 0.328 e. The SMILES string of the molecule is COC(=O)C(Cc1ccccc1)NC(=O)Nc1ccc(-c2ccccc2)cc1. The average molecular weight is 374 g/mol. The molecule has 0 saturated carbocycles. The number of hydrogen-bond donors (Lipinski definition) is 2. The monoisotopic (exact) mass is 374 g/mol. The first-order valence-electron chi connectivity index (χ1n) is 9.00. The lowest BCUT2D eigenvalue weighted by atomic mass is 10.1. The zero-order chi connectivity index (χ0) is 19.8. The lowest BCUT2D eigenvalue weighted by Crippen LogP contribution is -2.45. The Hall–Kier alpha value is -3.60. The van der Waals surface area contributed by atoms with Gasteiger partial charge >= 0.3 is 12.0 Å². The van der Waals surface area contributed by atoms with Crippen LogP contribution < -0.4 is 10.6 Å². The van der Waals surface area contributed by atoms with Gasteiger partial charge in [0.15, 0.2) is 0 Å². The fourth-order valence-electron chi connectivity index (χ4n) is 2.89. The van der Waals surface area contributed by atoms with Crippen molar-refractivity contribution in [3.63, 3.8) is 0 Å². The van der Waals surface area contributed by atoms with Crippen LogP contribution in [0.15, 0.2) is 84.9 Å². The molecule has 5 heteroatoms. The molecule has 2 amide bonds. The van der Waals surface area contributed by atoms with E-state index in [9.17, 15) is 9.59 Å². The Balaban J connectivity index is 1.63. The molecule has 0 fully saturated rings. The van der Waals surface area contributed by atoms with Crippen molar-refractivity contribution in [3.8, 4) is 11.1 Å². The van der Waals surface area contributed by atoms with Crippen molar-refractivity contribution in [3.05, 3.63) is 90.5 Å². The lowest BCUT2D eigenvalue weighted by Gasteiger charge is -2.17. The molecule has 0 heterocycles. The Bertz CT molecular complexity index is 910. The maximum absolute atomic E-state index is 12.4. The third kappa shape index (κ3) is 5.20. The first kappa shape index (κ1) is 19.2. The molecular formula is C23H22N2O3. The number of carbonyl (C=O) groups excluding carboxylic acids is 2. The van der Waals surface area contributed by atoms with Crippen LogP contribution in [0.1, 0.15) is 5.56 Å². The number of benzene rings is 3. The van der Waals surface area contributed by atoms with E-state index in [4.69, 9.17) is 4.74 Å². The molecule has 0 spiro atoms. The van der Waals surface area contributed by atoms with Crippen molar-refractivity contribution >= 4 is 17.7 Å². The molecule has 1 atom stereocenters. The molecule has 0 bridgehead atoms. The minimum absolute atomic E-state index is 0.355. The fourth-order valence-corrected chi connectivity index (χ4v) is 2.89. The molecule has 0 aliphatic heterocycles. The summed E-state index contributed by atoms with van der Waals surface area (Å²) in [6.07, 6.45) is 0.355. The highest BCUT2D eigenvalue weighted by atomic mass is 16.5. The third-order valence-corrected chi connectivity index (χ3v) is 4.32. The summed E-state index contributed by atoms with van der Waals surface area (Å²) in [5.74, 6) is -0.488. The molecule has 0 radical (unpaired) electrons. The highest BCUT2D eigenvalue weighted by Gasteiger charge is 2.22. The van der Waals surface area contributed by atoms with Gasteiger partial charge in [-0.3, -0.25) is 0 Å². The number of methoxy groups -OCH3 is 1. The predicted octanol–water partition coefficient (Wildman–Crippen LogP) is 4.26. The number of hydrogen-bond acceptors (Lipinski definition) is 3. The van der Waals surface area contributed by atoms with Crippen molar-refractivity contribution in [2.24, 2.45) is 0 Å². The Morgan fingerprint density at radius 1 is 0.821 bits per heavy atom. The molecule has 3 aromatic carbocycles. The summed E-state index contributed by atoms with van der Waals surface area (Å²) in [5.41, 5.74) is 3.74. The molecule has 2 N–H and O–H groups in total. The van der Waals surface area contributed by atoms with Gasteiger partial charge in [-0.2, -0.15) is 0 Å². The molecule has 28 heavy (non-hydrogen) atoms. The number of esters is 1. The van der Waals surface area contributed by atoms with Gasteiger partial charge in [-0.15, -0.1) is 0 Å². The summed E-state index contributed by atoms with van der Waals surface area (Å²) in [4.78, 5) is 24.4. The van der Waals surface area contributed by atoms with Crippen molar-refractivity contribution in [2.45, 2.75) is 12.5 Å². The highest BCUT2D eigenvalue weighted by molar-refractivity contribution is 5.92. The second-order valence-corrected chi connectivity index (χ2v) is 6.31. The Morgan fingerprint density at radius 3 is 2.00 bits per heavy atom. The second-order valence-electron chi connectivity index (χ2n) is 6.31. The van der Waals surface area contributed by atoms with Crippen LogP contribution in [0.3, 0.4) is 0 Å². The Labute approximate surface area is 164 Å². The summed E-state index contributed by atoms with van der Waals surface area (Å²) < 4.78 is 4.82. The number of nitrogens with one attached hydrogen (secondary N) is 2. The van der Waals surface area contributed by atoms with E-state index in [0.29, 0.717) is 12.1 Å². The molecule has 142 valence electrons. The number of rotatable bonds is 6. The van der Waals surface area contributed by atoms with Crippen LogP contribution in [-0.2, 0) is 16.0 Å². The lowest BCUT2D eigenvalue weighted by molar-refractivity contribution is -0.142. The van der Waals surface area contributed by atoms with Crippen LogP contribution >= 0.6 is 0 Å². The number of carbonyl (C=O) groups is 2. The zero-order valence-corrected chi connectivity index (χ0v) is 15.6. The minimum atomic E-state index is -0.768. The van der Waals surface area contributed by atoms with Crippen LogP contribution in [-0.4, -0.2) is 25.2 Å². The third-order valence-electron chi connectivity index (χ3n) is 4.32. The fraction of sp³-hybridized carbons (Fsp3) is 0.130. The van der Waals surface area contributed by atoms with Gasteiger partial charge in [0.2, 0.25) is 0 Å². The first-order chi connectivity index (χ1) is 13.7. The second kappa shape index (κ2) is 9.37. The number of amides is 2. The molecule has 3 rings (SSSR count). The maximum atomic E-state index is 12.4. The van der Waals surface area contributed by atoms with Gasteiger partial charge in [0.1, 0.15) is 6.04 Å². The molecule has 0 saturated heterocycles. The van der Waals surface area contributed by atoms with E-state index < -0.39 is 18.0 Å². The van der Waals surface area contributed by atoms with Crippen molar-refractivity contribution in [1.29, 1.82) is 0 Å². The normalized spacial score (nSPS) is 11.3. The molecule has 1 unspecified atom stereocenters. The van der Waals surface area contributed by atoms with Gasteiger partial charge in [0.25, 0.3) is 0 Å². The van der Waals surface area contributed by atoms with Gasteiger partial charge in [0, 0.05) is 12.1 Å². The number of ether oxygens (including phenoxy) is 1. The van der Waals surface area contributed by atoms with Gasteiger partial charge < -0.3 is 15.4 Å². The summed E-state index contributed by atoms with van der Waals surface area (Å²) in [7, 11) is 1.31. The Kier molecular flexibility index (Phi) is 6.41. The van der Waals surface area contributed by atoms with Crippen LogP contribution in [0.4, 0.5) is 10.5 Å². The van der Waals surface area contributed by atoms with E-state index in [-0.39, 0.29) is 0 Å². The Morgan fingerprint density at radius 2 is 1.39 bits per heavy atom. The van der Waals surface area contributed by atoms with Gasteiger partial charge in [-0.1, -0.05) is 72.8 Å². The zero-order valence-electron chi connectivity index (χ0n) is 15.6. The largest absolute Gasteiger partial charge is 0.467 e. The van der Waals surface area contributed by atoms with Crippen LogP contribution in [0.25, 0.3) is 11.1 Å². The van der Waals surface area contributed by atoms with E-state index >= 15 is 0 Å². The quantitative estimate of drug-likeness (QED) is 0.634. The smallest absolute Gasteiger partial charge is 0.328 e. The van der Waals surface area contributed by atoms with Crippen LogP contribution in [0.2, 0.25) is 0 Å². The van der Waals surface area contributed by atoms with E-state index in [1.54, 1.807) is 0 Å². The first-order valence-corrected chi connectivity index (χ1v) is 9.00. The molecule has 0 aromatic heterocycles. The van der Waals surface area contributed by atoms with Crippen LogP contribution in [0.5, 0.6) is 0 Å². The van der Waals surface area contributed by atoms with Crippen LogP contribution in [0, 0.1) is 0 Å². The molecular weight excluding hydrogens is 352 g/mol. The predicted molar refractivity (Wildman–Crippen MR) is 110 cm³/mol. The van der Waals surface area contributed by atoms with E-state index in [2.05, 4.69) is 10.6 Å². The van der Waals surface area contributed by atoms with E-state index in [1.165, 1.54) is 7.11 Å². The van der Waals surface area contributed by atoms with E-state index in [1.807, 2.05) is 84.9 Å².